The van der Waals surface area contributed by atoms with Crippen molar-refractivity contribution in [1.29, 1.82) is 0 Å². The van der Waals surface area contributed by atoms with Crippen LogP contribution in [-0.4, -0.2) is 12.0 Å². The molecule has 2 aliphatic carbocycles. The first kappa shape index (κ1) is 12.2. The summed E-state index contributed by atoms with van der Waals surface area (Å²) in [6, 6.07) is 4.85. The Morgan fingerprint density at radius 3 is 2.78 bits per heavy atom. The molecule has 0 spiro atoms. The summed E-state index contributed by atoms with van der Waals surface area (Å²) >= 11 is 0. The lowest BCUT2D eigenvalue weighted by atomic mass is 9.83. The van der Waals surface area contributed by atoms with Gasteiger partial charge in [0.25, 0.3) is 0 Å². The third-order valence-electron chi connectivity index (χ3n) is 5.11. The van der Waals surface area contributed by atoms with E-state index in [0.717, 1.165) is 23.4 Å². The van der Waals surface area contributed by atoms with E-state index < -0.39 is 0 Å². The maximum absolute atomic E-state index is 4.43. The number of rotatable bonds is 4. The number of aryl methyl sites for hydroxylation is 1. The van der Waals surface area contributed by atoms with Crippen LogP contribution in [0.5, 0.6) is 0 Å². The van der Waals surface area contributed by atoms with Gasteiger partial charge >= 0.3 is 0 Å². The fraction of sp³-hybridized carbons (Fsp3) is 0.688. The Morgan fingerprint density at radius 2 is 2.22 bits per heavy atom. The number of fused-ring (bicyclic) bond motifs is 2. The molecule has 0 aliphatic heterocycles. The van der Waals surface area contributed by atoms with Crippen molar-refractivity contribution < 1.29 is 0 Å². The van der Waals surface area contributed by atoms with Crippen molar-refractivity contribution in [2.75, 3.05) is 7.05 Å². The minimum absolute atomic E-state index is 0.488. The summed E-state index contributed by atoms with van der Waals surface area (Å²) in [6.07, 6.45) is 9.30. The normalized spacial score (nSPS) is 31.8. The summed E-state index contributed by atoms with van der Waals surface area (Å²) in [5, 5.41) is 3.48. The molecule has 2 fully saturated rings. The van der Waals surface area contributed by atoms with Crippen LogP contribution in [0, 0.1) is 24.7 Å². The minimum Gasteiger partial charge on any atom is -0.313 e. The first-order valence-corrected chi connectivity index (χ1v) is 7.36. The average molecular weight is 244 g/mol. The van der Waals surface area contributed by atoms with Crippen molar-refractivity contribution in [3.63, 3.8) is 0 Å². The molecule has 1 aromatic heterocycles. The molecule has 0 aromatic carbocycles. The highest BCUT2D eigenvalue weighted by Crippen LogP contribution is 2.50. The molecule has 3 rings (SSSR count). The van der Waals surface area contributed by atoms with Crippen LogP contribution in [0.2, 0.25) is 0 Å². The Hall–Kier alpha value is -0.890. The van der Waals surface area contributed by atoms with Crippen LogP contribution in [-0.2, 0) is 0 Å². The molecule has 2 bridgehead atoms. The van der Waals surface area contributed by atoms with E-state index in [1.165, 1.54) is 37.7 Å². The number of hydrogen-bond donors (Lipinski definition) is 1. The summed E-state index contributed by atoms with van der Waals surface area (Å²) in [7, 11) is 2.08. The molecule has 18 heavy (non-hydrogen) atoms. The van der Waals surface area contributed by atoms with Crippen molar-refractivity contribution >= 4 is 0 Å². The van der Waals surface area contributed by atoms with Gasteiger partial charge in [-0.25, -0.2) is 0 Å². The van der Waals surface area contributed by atoms with Crippen LogP contribution in [0.4, 0.5) is 0 Å². The van der Waals surface area contributed by atoms with E-state index in [1.807, 2.05) is 13.1 Å². The van der Waals surface area contributed by atoms with Crippen molar-refractivity contribution in [2.24, 2.45) is 17.8 Å². The lowest BCUT2D eigenvalue weighted by Crippen LogP contribution is -2.22. The van der Waals surface area contributed by atoms with Crippen molar-refractivity contribution in [3.05, 3.63) is 29.6 Å². The van der Waals surface area contributed by atoms with E-state index in [4.69, 9.17) is 0 Å². The summed E-state index contributed by atoms with van der Waals surface area (Å²) in [5.41, 5.74) is 2.46. The molecular weight excluding hydrogens is 220 g/mol. The third-order valence-corrected chi connectivity index (χ3v) is 5.11. The highest BCUT2D eigenvalue weighted by molar-refractivity contribution is 5.17. The van der Waals surface area contributed by atoms with Gasteiger partial charge in [-0.2, -0.15) is 0 Å². The highest BCUT2D eigenvalue weighted by Gasteiger charge is 2.40. The molecule has 0 saturated heterocycles. The monoisotopic (exact) mass is 244 g/mol. The SMILES string of the molecule is CNC(CC1CC2CCC1C2)c1ccc(C)nc1. The molecule has 4 unspecified atom stereocenters. The van der Waals surface area contributed by atoms with Gasteiger partial charge in [-0.15, -0.1) is 0 Å². The lowest BCUT2D eigenvalue weighted by molar-refractivity contribution is 0.284. The van der Waals surface area contributed by atoms with Crippen LogP contribution in [0.25, 0.3) is 0 Å². The third kappa shape index (κ3) is 2.31. The minimum atomic E-state index is 0.488. The van der Waals surface area contributed by atoms with E-state index in [2.05, 4.69) is 29.5 Å². The van der Waals surface area contributed by atoms with Crippen LogP contribution in [0.15, 0.2) is 18.3 Å². The van der Waals surface area contributed by atoms with Crippen molar-refractivity contribution in [1.82, 2.24) is 10.3 Å². The average Bonchev–Trinajstić information content (AvgIpc) is 2.99. The topological polar surface area (TPSA) is 24.9 Å². The Labute approximate surface area is 110 Å². The van der Waals surface area contributed by atoms with Gasteiger partial charge in [-0.05, 0) is 69.0 Å². The van der Waals surface area contributed by atoms with E-state index in [9.17, 15) is 0 Å². The lowest BCUT2D eigenvalue weighted by Gasteiger charge is -2.26. The maximum atomic E-state index is 4.43. The van der Waals surface area contributed by atoms with Gasteiger partial charge in [-0.3, -0.25) is 4.98 Å². The number of pyridine rings is 1. The van der Waals surface area contributed by atoms with E-state index in [0.29, 0.717) is 6.04 Å². The molecule has 1 N–H and O–H groups in total. The van der Waals surface area contributed by atoms with E-state index in [1.54, 1.807) is 0 Å². The molecule has 2 saturated carbocycles. The first-order chi connectivity index (χ1) is 8.76. The first-order valence-electron chi connectivity index (χ1n) is 7.36. The van der Waals surface area contributed by atoms with Crippen LogP contribution >= 0.6 is 0 Å². The summed E-state index contributed by atoms with van der Waals surface area (Å²) in [6.45, 7) is 2.05. The van der Waals surface area contributed by atoms with Crippen molar-refractivity contribution in [3.8, 4) is 0 Å². The summed E-state index contributed by atoms with van der Waals surface area (Å²) in [4.78, 5) is 4.43. The van der Waals surface area contributed by atoms with Gasteiger partial charge in [0.15, 0.2) is 0 Å². The number of aromatic nitrogens is 1. The second-order valence-corrected chi connectivity index (χ2v) is 6.24. The van der Waals surface area contributed by atoms with E-state index in [-0.39, 0.29) is 0 Å². The van der Waals surface area contributed by atoms with Gasteiger partial charge in [0.05, 0.1) is 0 Å². The molecule has 98 valence electrons. The second-order valence-electron chi connectivity index (χ2n) is 6.24. The van der Waals surface area contributed by atoms with Crippen molar-refractivity contribution in [2.45, 2.75) is 45.1 Å². The predicted molar refractivity (Wildman–Crippen MR) is 74.3 cm³/mol. The van der Waals surface area contributed by atoms with Gasteiger partial charge in [0, 0.05) is 17.9 Å². The van der Waals surface area contributed by atoms with Gasteiger partial charge in [0.1, 0.15) is 0 Å². The summed E-state index contributed by atoms with van der Waals surface area (Å²) in [5.74, 6) is 3.01. The number of nitrogens with zero attached hydrogens (tertiary/aromatic N) is 1. The Balaban J connectivity index is 1.67. The zero-order valence-electron chi connectivity index (χ0n) is 11.5. The standard InChI is InChI=1S/C16H24N2/c1-11-3-5-14(10-18-11)16(17-2)9-15-8-12-4-6-13(15)7-12/h3,5,10,12-13,15-17H,4,6-9H2,1-2H3. The van der Waals surface area contributed by atoms with Gasteiger partial charge in [0.2, 0.25) is 0 Å². The highest BCUT2D eigenvalue weighted by atomic mass is 14.9. The number of hydrogen-bond acceptors (Lipinski definition) is 2. The van der Waals surface area contributed by atoms with Crippen LogP contribution in [0.3, 0.4) is 0 Å². The van der Waals surface area contributed by atoms with Crippen LogP contribution in [0.1, 0.15) is 49.4 Å². The molecule has 4 atom stereocenters. The molecule has 1 aromatic rings. The molecular formula is C16H24N2. The number of nitrogens with one attached hydrogen (secondary N) is 1. The van der Waals surface area contributed by atoms with Gasteiger partial charge in [-0.1, -0.05) is 12.5 Å². The quantitative estimate of drug-likeness (QED) is 0.877. The molecule has 1 heterocycles. The predicted octanol–water partition coefficient (Wildman–Crippen LogP) is 3.48. The molecule has 2 aliphatic rings. The maximum Gasteiger partial charge on any atom is 0.0372 e. The molecule has 2 nitrogen and oxygen atoms in total. The van der Waals surface area contributed by atoms with Gasteiger partial charge < -0.3 is 5.32 Å². The Bertz CT molecular complexity index is 398. The fourth-order valence-electron chi connectivity index (χ4n) is 4.07. The molecule has 2 heteroatoms. The second kappa shape index (κ2) is 5.00. The smallest absolute Gasteiger partial charge is 0.0372 e. The fourth-order valence-corrected chi connectivity index (χ4v) is 4.07. The Kier molecular flexibility index (Phi) is 3.38. The summed E-state index contributed by atoms with van der Waals surface area (Å²) < 4.78 is 0. The van der Waals surface area contributed by atoms with Crippen LogP contribution < -0.4 is 5.32 Å². The Morgan fingerprint density at radius 1 is 1.33 bits per heavy atom. The zero-order valence-corrected chi connectivity index (χ0v) is 11.5. The molecule has 0 amide bonds. The zero-order chi connectivity index (χ0) is 12.5. The largest absolute Gasteiger partial charge is 0.313 e. The van der Waals surface area contributed by atoms with E-state index >= 15 is 0 Å². The molecule has 0 radical (unpaired) electrons.